The second kappa shape index (κ2) is 17.0. The number of aromatic nitrogens is 2. The van der Waals surface area contributed by atoms with Crippen LogP contribution in [-0.2, 0) is 19.8 Å². The van der Waals surface area contributed by atoms with Crippen LogP contribution in [0.1, 0.15) is 49.2 Å². The fourth-order valence-electron chi connectivity index (χ4n) is 6.90. The molecular formula is C45H41N3O9. The van der Waals surface area contributed by atoms with Gasteiger partial charge in [-0.15, -0.1) is 0 Å². The fourth-order valence-corrected chi connectivity index (χ4v) is 6.90. The van der Waals surface area contributed by atoms with Gasteiger partial charge in [-0.25, -0.2) is 4.79 Å². The van der Waals surface area contributed by atoms with E-state index in [4.69, 9.17) is 23.7 Å². The van der Waals surface area contributed by atoms with E-state index in [0.29, 0.717) is 28.2 Å². The van der Waals surface area contributed by atoms with Crippen LogP contribution >= 0.6 is 0 Å². The highest BCUT2D eigenvalue weighted by Crippen LogP contribution is 2.44. The molecule has 57 heavy (non-hydrogen) atoms. The number of aliphatic hydroxyl groups is 1. The van der Waals surface area contributed by atoms with Crippen molar-refractivity contribution in [1.29, 1.82) is 0 Å². The maximum absolute atomic E-state index is 13.9. The van der Waals surface area contributed by atoms with E-state index in [-0.39, 0.29) is 23.7 Å². The van der Waals surface area contributed by atoms with Crippen LogP contribution in [0.2, 0.25) is 0 Å². The number of carbonyl (C=O) groups is 2. The summed E-state index contributed by atoms with van der Waals surface area (Å²) in [6.45, 7) is 1.34. The summed E-state index contributed by atoms with van der Waals surface area (Å²) in [5, 5.41) is 15.1. The molecule has 12 heteroatoms. The lowest BCUT2D eigenvalue weighted by Crippen LogP contribution is -2.56. The number of esters is 1. The average molecular weight is 768 g/mol. The third-order valence-electron chi connectivity index (χ3n) is 9.84. The first-order chi connectivity index (χ1) is 27.7. The molecule has 12 nitrogen and oxygen atoms in total. The van der Waals surface area contributed by atoms with Crippen molar-refractivity contribution in [2.75, 3.05) is 26.1 Å². The second-order valence-electron chi connectivity index (χ2n) is 13.4. The Morgan fingerprint density at radius 2 is 1.26 bits per heavy atom. The van der Waals surface area contributed by atoms with Crippen molar-refractivity contribution in [1.82, 2.24) is 9.55 Å². The van der Waals surface area contributed by atoms with Crippen molar-refractivity contribution in [2.45, 2.75) is 37.1 Å². The maximum atomic E-state index is 13.9. The predicted octanol–water partition coefficient (Wildman–Crippen LogP) is 6.31. The number of anilines is 1. The van der Waals surface area contributed by atoms with Crippen molar-refractivity contribution in [3.05, 3.63) is 189 Å². The Morgan fingerprint density at radius 1 is 0.754 bits per heavy atom. The molecule has 1 aromatic heterocycles. The molecule has 290 valence electrons. The molecule has 0 unspecified atom stereocenters. The molecule has 0 spiro atoms. The van der Waals surface area contributed by atoms with Crippen LogP contribution in [0.3, 0.4) is 0 Å². The number of ether oxygens (including phenoxy) is 5. The molecule has 0 aliphatic carbocycles. The van der Waals surface area contributed by atoms with Gasteiger partial charge in [-0.2, -0.15) is 4.98 Å². The van der Waals surface area contributed by atoms with Crippen LogP contribution in [0.15, 0.2) is 151 Å². The quantitative estimate of drug-likeness (QED) is 0.107. The topological polar surface area (TPSA) is 147 Å². The van der Waals surface area contributed by atoms with Crippen molar-refractivity contribution < 1.29 is 38.4 Å². The van der Waals surface area contributed by atoms with Gasteiger partial charge in [-0.1, -0.05) is 91.0 Å². The highest BCUT2D eigenvalue weighted by Gasteiger charge is 2.49. The van der Waals surface area contributed by atoms with Crippen molar-refractivity contribution in [3.63, 3.8) is 0 Å². The summed E-state index contributed by atoms with van der Waals surface area (Å²) in [6.07, 6.45) is -3.96. The Labute approximate surface area is 329 Å². The summed E-state index contributed by atoms with van der Waals surface area (Å²) in [5.41, 5.74) is 0.982. The molecule has 5 aromatic carbocycles. The summed E-state index contributed by atoms with van der Waals surface area (Å²) in [6, 6.07) is 41.2. The van der Waals surface area contributed by atoms with Crippen molar-refractivity contribution in [2.24, 2.45) is 0 Å². The number of nitrogens with one attached hydrogen (secondary N) is 1. The zero-order valence-corrected chi connectivity index (χ0v) is 31.5. The lowest BCUT2D eigenvalue weighted by atomic mass is 9.79. The number of aliphatic hydroxyl groups excluding tert-OH is 1. The molecule has 0 saturated carbocycles. The minimum absolute atomic E-state index is 0.175. The molecule has 6 aromatic rings. The first kappa shape index (κ1) is 38.7. The summed E-state index contributed by atoms with van der Waals surface area (Å²) < 4.78 is 32.3. The summed E-state index contributed by atoms with van der Waals surface area (Å²) in [4.78, 5) is 44.2. The van der Waals surface area contributed by atoms with Crippen molar-refractivity contribution >= 4 is 17.8 Å². The lowest BCUT2D eigenvalue weighted by Gasteiger charge is -2.45. The van der Waals surface area contributed by atoms with Gasteiger partial charge in [0.1, 0.15) is 29.3 Å². The Morgan fingerprint density at radius 3 is 1.81 bits per heavy atom. The highest BCUT2D eigenvalue weighted by molar-refractivity contribution is 6.03. The van der Waals surface area contributed by atoms with Gasteiger partial charge in [0.2, 0.25) is 5.95 Å². The Balaban J connectivity index is 1.35. The first-order valence-electron chi connectivity index (χ1n) is 18.3. The third-order valence-corrected chi connectivity index (χ3v) is 9.84. The van der Waals surface area contributed by atoms with Gasteiger partial charge in [-0.3, -0.25) is 19.5 Å². The van der Waals surface area contributed by atoms with Gasteiger partial charge < -0.3 is 28.8 Å². The van der Waals surface area contributed by atoms with Gasteiger partial charge in [0.25, 0.3) is 11.5 Å². The van der Waals surface area contributed by atoms with Gasteiger partial charge in [0.15, 0.2) is 12.3 Å². The number of amides is 1. The van der Waals surface area contributed by atoms with E-state index in [1.807, 2.05) is 78.9 Å². The number of rotatable bonds is 12. The molecule has 7 rings (SSSR count). The summed E-state index contributed by atoms with van der Waals surface area (Å²) >= 11 is 0. The maximum Gasteiger partial charge on any atom is 0.338 e. The molecule has 2 heterocycles. The van der Waals surface area contributed by atoms with Crippen LogP contribution in [0.5, 0.6) is 11.5 Å². The minimum atomic E-state index is -1.62. The molecule has 0 bridgehead atoms. The van der Waals surface area contributed by atoms with E-state index >= 15 is 0 Å². The SMILES string of the molecule is COc1ccc(C(O[C@@H]2CO[C@@H](n3cc(C)c(=O)nc3NC(=O)c3ccccc3)[C@H](O)[C@@H]2OC(=O)c2ccccc2)(c2ccccc2)c2ccc(OC)cc2)cc1. The number of carbonyl (C=O) groups excluding carboxylic acids is 2. The van der Waals surface area contributed by atoms with Crippen LogP contribution in [0, 0.1) is 6.92 Å². The Bertz CT molecular complexity index is 2310. The Kier molecular flexibility index (Phi) is 11.6. The lowest BCUT2D eigenvalue weighted by molar-refractivity contribution is -0.239. The van der Waals surface area contributed by atoms with Crippen molar-refractivity contribution in [3.8, 4) is 11.5 Å². The number of hydrogen-bond donors (Lipinski definition) is 2. The predicted molar refractivity (Wildman–Crippen MR) is 211 cm³/mol. The zero-order chi connectivity index (χ0) is 39.9. The van der Waals surface area contributed by atoms with E-state index in [9.17, 15) is 19.5 Å². The summed E-state index contributed by atoms with van der Waals surface area (Å²) in [5.74, 6) is -0.162. The smallest absolute Gasteiger partial charge is 0.338 e. The first-order valence-corrected chi connectivity index (χ1v) is 18.3. The molecule has 4 atom stereocenters. The minimum Gasteiger partial charge on any atom is -0.497 e. The van der Waals surface area contributed by atoms with E-state index in [1.54, 1.807) is 81.8 Å². The summed E-state index contributed by atoms with van der Waals surface area (Å²) in [7, 11) is 3.17. The largest absolute Gasteiger partial charge is 0.497 e. The molecule has 1 aliphatic heterocycles. The number of hydrogen-bond acceptors (Lipinski definition) is 10. The van der Waals surface area contributed by atoms with E-state index in [1.165, 1.54) is 10.8 Å². The van der Waals surface area contributed by atoms with Gasteiger partial charge >= 0.3 is 5.97 Å². The van der Waals surface area contributed by atoms with Crippen LogP contribution in [0.25, 0.3) is 0 Å². The average Bonchev–Trinajstić information content (AvgIpc) is 3.26. The fraction of sp³-hybridized carbons (Fsp3) is 0.200. The monoisotopic (exact) mass is 767 g/mol. The molecule has 1 fully saturated rings. The number of methoxy groups -OCH3 is 2. The number of aryl methyl sites for hydroxylation is 1. The molecule has 1 saturated heterocycles. The van der Waals surface area contributed by atoms with Gasteiger partial charge in [0.05, 0.1) is 26.4 Å². The van der Waals surface area contributed by atoms with Gasteiger partial charge in [-0.05, 0) is 72.1 Å². The molecule has 1 amide bonds. The zero-order valence-electron chi connectivity index (χ0n) is 31.5. The molecular weight excluding hydrogens is 727 g/mol. The third kappa shape index (κ3) is 8.05. The van der Waals surface area contributed by atoms with E-state index < -0.39 is 47.6 Å². The molecule has 1 aliphatic rings. The number of nitrogens with zero attached hydrogens (tertiary/aromatic N) is 2. The van der Waals surface area contributed by atoms with E-state index in [0.717, 1.165) is 5.56 Å². The van der Waals surface area contributed by atoms with Crippen LogP contribution < -0.4 is 20.3 Å². The molecule has 0 radical (unpaired) electrons. The molecule has 2 N–H and O–H groups in total. The second-order valence-corrected chi connectivity index (χ2v) is 13.4. The van der Waals surface area contributed by atoms with Crippen LogP contribution in [-0.4, -0.2) is 65.7 Å². The highest BCUT2D eigenvalue weighted by atomic mass is 16.6. The Hall–Kier alpha value is -6.60. The normalized spacial score (nSPS) is 18.0. The van der Waals surface area contributed by atoms with Crippen LogP contribution in [0.4, 0.5) is 5.95 Å². The van der Waals surface area contributed by atoms with E-state index in [2.05, 4.69) is 10.3 Å². The standard InChI is InChI=1S/C45H41N3O9/c1-29-27-48(44(46-40(29)50)47-41(51)30-13-7-4-8-14-30)42-38(49)39(56-43(52)31-15-9-5-10-16-31)37(28-55-42)57-45(32-17-11-6-12-18-32,33-19-23-35(53-2)24-20-33)34-21-25-36(54-3)26-22-34/h4-27,37-39,42,49H,28H2,1-3H3,(H,46,47,50,51)/t37-,38-,39-,42-/m1/s1. The van der Waals surface area contributed by atoms with Gasteiger partial charge in [0, 0.05) is 17.3 Å². The number of benzene rings is 5.